The highest BCUT2D eigenvalue weighted by molar-refractivity contribution is 5.82. The second kappa shape index (κ2) is 8.34. The number of halogens is 3. The van der Waals surface area contributed by atoms with E-state index >= 15 is 0 Å². The molecule has 2 bridgehead atoms. The maximum atomic E-state index is 12.8. The number of fused-ring (bicyclic) bond motifs is 4. The summed E-state index contributed by atoms with van der Waals surface area (Å²) in [5.41, 5.74) is 1.95. The van der Waals surface area contributed by atoms with Crippen molar-refractivity contribution in [1.29, 1.82) is 0 Å². The zero-order valence-electron chi connectivity index (χ0n) is 17.5. The number of nitrogens with zero attached hydrogens (tertiary/aromatic N) is 2. The Morgan fingerprint density at radius 2 is 1.84 bits per heavy atom. The summed E-state index contributed by atoms with van der Waals surface area (Å²) < 4.78 is 38.3. The number of hydrogen-bond acceptors (Lipinski definition) is 3. The summed E-state index contributed by atoms with van der Waals surface area (Å²) in [6.45, 7) is 1.81. The summed E-state index contributed by atoms with van der Waals surface area (Å²) >= 11 is 0. The molecule has 166 valence electrons. The second-order valence-corrected chi connectivity index (χ2v) is 8.85. The Kier molecular flexibility index (Phi) is 5.51. The van der Waals surface area contributed by atoms with Gasteiger partial charge in [-0.3, -0.25) is 9.88 Å². The minimum atomic E-state index is -4.31. The average molecular weight is 438 g/mol. The van der Waals surface area contributed by atoms with Gasteiger partial charge in [0.05, 0.1) is 17.2 Å². The molecule has 6 rings (SSSR count). The van der Waals surface area contributed by atoms with Crippen LogP contribution < -0.4 is 0 Å². The van der Waals surface area contributed by atoms with Crippen molar-refractivity contribution in [3.8, 4) is 0 Å². The van der Waals surface area contributed by atoms with Crippen molar-refractivity contribution < 1.29 is 18.3 Å². The third kappa shape index (κ3) is 4.05. The lowest BCUT2D eigenvalue weighted by Gasteiger charge is -2.50. The van der Waals surface area contributed by atoms with Crippen molar-refractivity contribution in [2.45, 2.75) is 31.2 Å². The van der Waals surface area contributed by atoms with E-state index in [1.165, 1.54) is 12.1 Å². The van der Waals surface area contributed by atoms with Gasteiger partial charge < -0.3 is 5.11 Å². The molecule has 3 aliphatic rings. The number of aliphatic hydroxyl groups excluding tert-OH is 1. The first-order chi connectivity index (χ1) is 15.4. The fourth-order valence-corrected chi connectivity index (χ4v) is 5.26. The number of piperidine rings is 3. The van der Waals surface area contributed by atoms with E-state index in [0.29, 0.717) is 11.8 Å². The molecular weight excluding hydrogens is 413 g/mol. The number of benzene rings is 2. The Labute approximate surface area is 185 Å². The third-order valence-corrected chi connectivity index (χ3v) is 6.99. The zero-order chi connectivity index (χ0) is 22.3. The van der Waals surface area contributed by atoms with E-state index in [1.807, 2.05) is 36.4 Å². The number of para-hydroxylation sites is 1. The van der Waals surface area contributed by atoms with E-state index < -0.39 is 17.8 Å². The molecule has 3 saturated heterocycles. The molecule has 0 radical (unpaired) electrons. The molecule has 3 aliphatic heterocycles. The molecule has 32 heavy (non-hydrogen) atoms. The number of aromatic nitrogens is 1. The third-order valence-electron chi connectivity index (χ3n) is 6.99. The van der Waals surface area contributed by atoms with Gasteiger partial charge in [0.2, 0.25) is 0 Å². The number of pyridine rings is 1. The Hall–Kier alpha value is -2.70. The van der Waals surface area contributed by atoms with Crippen LogP contribution in [-0.2, 0) is 6.18 Å². The second-order valence-electron chi connectivity index (χ2n) is 8.85. The predicted molar refractivity (Wildman–Crippen MR) is 119 cm³/mol. The summed E-state index contributed by atoms with van der Waals surface area (Å²) in [5.74, 6) is 0.794. The number of aliphatic hydroxyl groups is 1. The van der Waals surface area contributed by atoms with Gasteiger partial charge in [0, 0.05) is 24.2 Å². The maximum absolute atomic E-state index is 12.8. The van der Waals surface area contributed by atoms with Gasteiger partial charge >= 0.3 is 6.18 Å². The van der Waals surface area contributed by atoms with Crippen molar-refractivity contribution in [2.75, 3.05) is 13.1 Å². The van der Waals surface area contributed by atoms with Crippen LogP contribution in [0.4, 0.5) is 13.2 Å². The Morgan fingerprint density at radius 1 is 1.06 bits per heavy atom. The topological polar surface area (TPSA) is 36.4 Å². The van der Waals surface area contributed by atoms with E-state index in [0.717, 1.165) is 60.1 Å². The van der Waals surface area contributed by atoms with Crippen molar-refractivity contribution in [3.05, 3.63) is 83.6 Å². The van der Waals surface area contributed by atoms with Gasteiger partial charge in [0.1, 0.15) is 0 Å². The Balaban J connectivity index is 1.30. The normalized spacial score (nSPS) is 26.6. The van der Waals surface area contributed by atoms with Gasteiger partial charge in [-0.05, 0) is 66.6 Å². The van der Waals surface area contributed by atoms with Crippen LogP contribution >= 0.6 is 0 Å². The molecule has 1 aromatic heterocycles. The number of alkyl halides is 3. The lowest BCUT2D eigenvalue weighted by molar-refractivity contribution is -0.137. The largest absolute Gasteiger partial charge is 0.416 e. The zero-order valence-corrected chi connectivity index (χ0v) is 17.5. The highest BCUT2D eigenvalue weighted by atomic mass is 19.4. The van der Waals surface area contributed by atoms with Gasteiger partial charge in [-0.2, -0.15) is 13.2 Å². The van der Waals surface area contributed by atoms with E-state index in [9.17, 15) is 18.3 Å². The molecule has 4 unspecified atom stereocenters. The average Bonchev–Trinajstić information content (AvgIpc) is 2.82. The van der Waals surface area contributed by atoms with Crippen LogP contribution in [0.5, 0.6) is 0 Å². The summed E-state index contributed by atoms with van der Waals surface area (Å²) in [7, 11) is 0. The molecule has 1 N–H and O–H groups in total. The summed E-state index contributed by atoms with van der Waals surface area (Å²) in [5, 5.41) is 12.3. The van der Waals surface area contributed by atoms with Gasteiger partial charge in [0.15, 0.2) is 0 Å². The Morgan fingerprint density at radius 3 is 2.56 bits per heavy atom. The van der Waals surface area contributed by atoms with Crippen molar-refractivity contribution >= 4 is 17.0 Å². The monoisotopic (exact) mass is 438 g/mol. The standard InChI is InChI=1S/C26H25F3N2O/c27-26(28,29)20-9-6-17(7-10-20)5-8-19-16-31-14-12-18(19)15-24(31)25(32)22-11-13-30-23-4-2-1-3-21(22)23/h1-11,13,18-19,24-25,32H,12,14-16H2/b8-5+/t18?,19?,24?,25-/m0/s1. The SMILES string of the molecule is O[C@@H](c1ccnc2ccccc12)C1CC2CCN1CC2/C=C/c1ccc(C(F)(F)F)cc1. The molecule has 0 saturated carbocycles. The molecule has 0 aliphatic carbocycles. The molecule has 3 fully saturated rings. The molecule has 3 nitrogen and oxygen atoms in total. The molecule has 0 amide bonds. The summed E-state index contributed by atoms with van der Waals surface area (Å²) in [6, 6.07) is 15.1. The van der Waals surface area contributed by atoms with E-state index in [1.54, 1.807) is 6.20 Å². The quantitative estimate of drug-likeness (QED) is 0.567. The van der Waals surface area contributed by atoms with Gasteiger partial charge in [-0.15, -0.1) is 0 Å². The fraction of sp³-hybridized carbons (Fsp3) is 0.346. The van der Waals surface area contributed by atoms with Crippen molar-refractivity contribution in [2.24, 2.45) is 11.8 Å². The predicted octanol–water partition coefficient (Wildman–Crippen LogP) is 5.71. The molecule has 5 atom stereocenters. The number of rotatable bonds is 4. The maximum Gasteiger partial charge on any atom is 0.416 e. The van der Waals surface area contributed by atoms with Crippen LogP contribution in [0.15, 0.2) is 66.9 Å². The van der Waals surface area contributed by atoms with Crippen molar-refractivity contribution in [1.82, 2.24) is 9.88 Å². The highest BCUT2D eigenvalue weighted by Gasteiger charge is 2.42. The van der Waals surface area contributed by atoms with Crippen molar-refractivity contribution in [3.63, 3.8) is 0 Å². The molecule has 6 heteroatoms. The van der Waals surface area contributed by atoms with Gasteiger partial charge in [-0.25, -0.2) is 0 Å². The van der Waals surface area contributed by atoms with Crippen LogP contribution in [0.3, 0.4) is 0 Å². The minimum Gasteiger partial charge on any atom is -0.387 e. The summed E-state index contributed by atoms with van der Waals surface area (Å²) in [4.78, 5) is 6.77. The van der Waals surface area contributed by atoms with Crippen LogP contribution in [0.1, 0.15) is 35.6 Å². The first kappa shape index (κ1) is 21.2. The van der Waals surface area contributed by atoms with E-state index in [-0.39, 0.29) is 6.04 Å². The molecular formula is C26H25F3N2O. The molecule has 0 spiro atoms. The van der Waals surface area contributed by atoms with E-state index in [4.69, 9.17) is 0 Å². The molecule has 3 aromatic rings. The lowest BCUT2D eigenvalue weighted by Crippen LogP contribution is -2.54. The lowest BCUT2D eigenvalue weighted by atomic mass is 9.73. The minimum absolute atomic E-state index is 0.0651. The number of hydrogen-bond donors (Lipinski definition) is 1. The molecule has 2 aromatic carbocycles. The summed E-state index contributed by atoms with van der Waals surface area (Å²) in [6.07, 6.45) is 2.90. The Bertz CT molecular complexity index is 1120. The van der Waals surface area contributed by atoms with Crippen LogP contribution in [0.25, 0.3) is 17.0 Å². The van der Waals surface area contributed by atoms with E-state index in [2.05, 4.69) is 16.0 Å². The highest BCUT2D eigenvalue weighted by Crippen LogP contribution is 2.42. The van der Waals surface area contributed by atoms with Gasteiger partial charge in [0.25, 0.3) is 0 Å². The first-order valence-corrected chi connectivity index (χ1v) is 11.0. The van der Waals surface area contributed by atoms with Crippen LogP contribution in [0, 0.1) is 11.8 Å². The van der Waals surface area contributed by atoms with Crippen LogP contribution in [0.2, 0.25) is 0 Å². The molecule has 4 heterocycles. The van der Waals surface area contributed by atoms with Gasteiger partial charge in [-0.1, -0.05) is 42.5 Å². The van der Waals surface area contributed by atoms with Crippen LogP contribution in [-0.4, -0.2) is 34.1 Å². The first-order valence-electron chi connectivity index (χ1n) is 11.0. The smallest absolute Gasteiger partial charge is 0.387 e. The fourth-order valence-electron chi connectivity index (χ4n) is 5.26.